The highest BCUT2D eigenvalue weighted by Crippen LogP contribution is 2.19. The van der Waals surface area contributed by atoms with Crippen LogP contribution in [0.3, 0.4) is 0 Å². The van der Waals surface area contributed by atoms with Crippen LogP contribution in [0.2, 0.25) is 10.0 Å². The molecule has 0 saturated carbocycles. The molecule has 0 aliphatic carbocycles. The van der Waals surface area contributed by atoms with Crippen LogP contribution in [0.25, 0.3) is 0 Å². The second kappa shape index (κ2) is 13.1. The zero-order chi connectivity index (χ0) is 23.5. The van der Waals surface area contributed by atoms with Gasteiger partial charge in [0.1, 0.15) is 11.9 Å². The standard InChI is InChI=1S/C23H27Cl2N5O2/c1-4-5-7-15(2)21(26)28-22(31)20(17-8-6-9-19(25)14-17)29-30-32-23(27-3)16-10-12-18(24)13-11-16/h4-14,20,23,27,29-30H,1-3H3,(H2,26,28,31)/b5-4-,15-7+. The zero-order valence-electron chi connectivity index (χ0n) is 18.1. The number of benzene rings is 2. The minimum absolute atomic E-state index is 0.00267. The molecule has 2 aromatic carbocycles. The monoisotopic (exact) mass is 475 g/mol. The Balaban J connectivity index is 2.12. The van der Waals surface area contributed by atoms with Crippen molar-refractivity contribution in [3.8, 4) is 0 Å². The normalized spacial score (nSPS) is 13.7. The first-order valence-electron chi connectivity index (χ1n) is 9.89. The Morgan fingerprint density at radius 2 is 1.81 bits per heavy atom. The summed E-state index contributed by atoms with van der Waals surface area (Å²) in [5.41, 5.74) is 7.54. The number of rotatable bonds is 10. The number of allylic oxidation sites excluding steroid dienone is 3. The van der Waals surface area contributed by atoms with Crippen molar-refractivity contribution in [3.63, 3.8) is 0 Å². The van der Waals surface area contributed by atoms with Crippen molar-refractivity contribution in [2.45, 2.75) is 26.1 Å². The first kappa shape index (κ1) is 25.7. The molecular formula is C23H27Cl2N5O2. The summed E-state index contributed by atoms with van der Waals surface area (Å²) < 4.78 is 0. The van der Waals surface area contributed by atoms with Gasteiger partial charge in [0, 0.05) is 10.0 Å². The van der Waals surface area contributed by atoms with Crippen LogP contribution in [0, 0.1) is 5.41 Å². The van der Waals surface area contributed by atoms with E-state index in [-0.39, 0.29) is 5.84 Å². The van der Waals surface area contributed by atoms with Gasteiger partial charge in [-0.2, -0.15) is 0 Å². The molecule has 0 aliphatic rings. The van der Waals surface area contributed by atoms with E-state index in [2.05, 4.69) is 21.6 Å². The van der Waals surface area contributed by atoms with E-state index < -0.39 is 18.2 Å². The zero-order valence-corrected chi connectivity index (χ0v) is 19.6. The molecule has 0 bridgehead atoms. The van der Waals surface area contributed by atoms with Crippen molar-refractivity contribution < 1.29 is 9.63 Å². The molecule has 0 aliphatic heterocycles. The van der Waals surface area contributed by atoms with Gasteiger partial charge in [-0.25, -0.2) is 5.43 Å². The molecule has 0 heterocycles. The van der Waals surface area contributed by atoms with Crippen LogP contribution in [0.4, 0.5) is 0 Å². The number of hydrazine groups is 1. The maximum absolute atomic E-state index is 13.0. The van der Waals surface area contributed by atoms with Crippen molar-refractivity contribution in [1.82, 2.24) is 21.6 Å². The number of amides is 1. The maximum atomic E-state index is 13.0. The van der Waals surface area contributed by atoms with E-state index in [0.717, 1.165) is 5.56 Å². The lowest BCUT2D eigenvalue weighted by Crippen LogP contribution is -2.46. The Labute approximate surface area is 198 Å². The third-order valence-corrected chi connectivity index (χ3v) is 4.93. The second-order valence-corrected chi connectivity index (χ2v) is 7.69. The topological polar surface area (TPSA) is 98.3 Å². The van der Waals surface area contributed by atoms with Crippen LogP contribution in [-0.4, -0.2) is 18.8 Å². The Hall–Kier alpha value is -2.52. The summed E-state index contributed by atoms with van der Waals surface area (Å²) in [5.74, 6) is -0.453. The number of carbonyl (C=O) groups is 1. The second-order valence-electron chi connectivity index (χ2n) is 6.81. The summed E-state index contributed by atoms with van der Waals surface area (Å²) in [5, 5.41) is 14.9. The van der Waals surface area contributed by atoms with E-state index >= 15 is 0 Å². The molecule has 170 valence electrons. The van der Waals surface area contributed by atoms with E-state index in [4.69, 9.17) is 33.4 Å². The molecule has 2 atom stereocenters. The Morgan fingerprint density at radius 3 is 2.44 bits per heavy atom. The molecule has 7 nitrogen and oxygen atoms in total. The lowest BCUT2D eigenvalue weighted by molar-refractivity contribution is -0.126. The molecule has 2 rings (SSSR count). The quantitative estimate of drug-likeness (QED) is 0.114. The predicted molar refractivity (Wildman–Crippen MR) is 129 cm³/mol. The number of carbonyl (C=O) groups excluding carboxylic acids is 1. The Morgan fingerprint density at radius 1 is 1.09 bits per heavy atom. The molecule has 1 amide bonds. The molecule has 0 saturated heterocycles. The third-order valence-electron chi connectivity index (χ3n) is 4.44. The molecule has 0 fully saturated rings. The fourth-order valence-corrected chi connectivity index (χ4v) is 3.01. The van der Waals surface area contributed by atoms with Gasteiger partial charge < -0.3 is 5.32 Å². The predicted octanol–water partition coefficient (Wildman–Crippen LogP) is 4.59. The molecule has 0 radical (unpaired) electrons. The van der Waals surface area contributed by atoms with Crippen LogP contribution >= 0.6 is 23.2 Å². The van der Waals surface area contributed by atoms with Gasteiger partial charge in [0.25, 0.3) is 0 Å². The number of halogens is 2. The SMILES string of the molecule is C/C=C\C=C(/C)C(=N)NC(=O)C(NNOC(NC)c1ccc(Cl)cc1)c1cccc(Cl)c1. The van der Waals surface area contributed by atoms with E-state index in [0.29, 0.717) is 21.2 Å². The highest BCUT2D eigenvalue weighted by atomic mass is 35.5. The van der Waals surface area contributed by atoms with Gasteiger partial charge in [-0.05, 0) is 61.9 Å². The van der Waals surface area contributed by atoms with Gasteiger partial charge in [0.05, 0.1) is 0 Å². The minimum Gasteiger partial charge on any atom is -0.309 e. The van der Waals surface area contributed by atoms with Gasteiger partial charge in [-0.15, -0.1) is 5.59 Å². The smallest absolute Gasteiger partial charge is 0.248 e. The fourth-order valence-electron chi connectivity index (χ4n) is 2.69. The number of amidine groups is 1. The number of hydrogen-bond donors (Lipinski definition) is 5. The van der Waals surface area contributed by atoms with Gasteiger partial charge in [-0.3, -0.25) is 20.4 Å². The van der Waals surface area contributed by atoms with Crippen LogP contribution in [0.15, 0.2) is 72.3 Å². The summed E-state index contributed by atoms with van der Waals surface area (Å²) in [6.07, 6.45) is 4.88. The average molecular weight is 476 g/mol. The summed E-state index contributed by atoms with van der Waals surface area (Å²) in [6, 6.07) is 13.2. The van der Waals surface area contributed by atoms with Gasteiger partial charge >= 0.3 is 0 Å². The highest BCUT2D eigenvalue weighted by Gasteiger charge is 2.22. The molecule has 0 aromatic heterocycles. The molecule has 32 heavy (non-hydrogen) atoms. The summed E-state index contributed by atoms with van der Waals surface area (Å²) >= 11 is 12.1. The van der Waals surface area contributed by atoms with Gasteiger partial charge in [0.15, 0.2) is 6.23 Å². The lowest BCUT2D eigenvalue weighted by Gasteiger charge is -2.23. The first-order chi connectivity index (χ1) is 15.3. The molecule has 5 N–H and O–H groups in total. The van der Waals surface area contributed by atoms with Crippen molar-refractivity contribution in [2.24, 2.45) is 0 Å². The van der Waals surface area contributed by atoms with E-state index in [1.165, 1.54) is 0 Å². The number of hydrogen-bond acceptors (Lipinski definition) is 6. The minimum atomic E-state index is -0.883. The van der Waals surface area contributed by atoms with E-state index in [1.54, 1.807) is 62.5 Å². The van der Waals surface area contributed by atoms with Crippen LogP contribution in [0.1, 0.15) is 37.2 Å². The maximum Gasteiger partial charge on any atom is 0.248 e. The average Bonchev–Trinajstić information content (AvgIpc) is 2.78. The molecule has 2 unspecified atom stereocenters. The fraction of sp³-hybridized carbons (Fsp3) is 0.217. The van der Waals surface area contributed by atoms with Crippen molar-refractivity contribution in [3.05, 3.63) is 93.5 Å². The Bertz CT molecular complexity index is 977. The van der Waals surface area contributed by atoms with Crippen molar-refractivity contribution in [2.75, 3.05) is 7.05 Å². The first-order valence-corrected chi connectivity index (χ1v) is 10.6. The van der Waals surface area contributed by atoms with Crippen molar-refractivity contribution in [1.29, 1.82) is 5.41 Å². The van der Waals surface area contributed by atoms with Gasteiger partial charge in [-0.1, -0.05) is 65.7 Å². The van der Waals surface area contributed by atoms with E-state index in [1.807, 2.05) is 25.1 Å². The van der Waals surface area contributed by atoms with Crippen molar-refractivity contribution >= 4 is 34.9 Å². The summed E-state index contributed by atoms with van der Waals surface area (Å²) in [6.45, 7) is 3.62. The molecule has 0 spiro atoms. The third kappa shape index (κ3) is 7.87. The lowest BCUT2D eigenvalue weighted by atomic mass is 10.1. The largest absolute Gasteiger partial charge is 0.309 e. The molecule has 2 aromatic rings. The van der Waals surface area contributed by atoms with Crippen LogP contribution < -0.4 is 21.6 Å². The molecule has 9 heteroatoms. The van der Waals surface area contributed by atoms with Crippen LogP contribution in [0.5, 0.6) is 0 Å². The van der Waals surface area contributed by atoms with E-state index in [9.17, 15) is 4.79 Å². The Kier molecular flexibility index (Phi) is 10.6. The van der Waals surface area contributed by atoms with Gasteiger partial charge in [0.2, 0.25) is 5.91 Å². The molecular weight excluding hydrogens is 449 g/mol. The highest BCUT2D eigenvalue weighted by molar-refractivity contribution is 6.30. The number of nitrogens with one attached hydrogen (secondary N) is 5. The van der Waals surface area contributed by atoms with Crippen LogP contribution in [-0.2, 0) is 9.63 Å². The summed E-state index contributed by atoms with van der Waals surface area (Å²) in [4.78, 5) is 18.6. The summed E-state index contributed by atoms with van der Waals surface area (Å²) in [7, 11) is 1.74.